The number of rotatable bonds is 4. The second kappa shape index (κ2) is 16.4. The lowest BCUT2D eigenvalue weighted by Crippen LogP contribution is -2.65. The lowest BCUT2D eigenvalue weighted by Gasteiger charge is -2.47. The molecule has 0 spiro atoms. The maximum Gasteiger partial charge on any atom is 0.252 e. The average Bonchev–Trinajstić information content (AvgIpc) is 1.31. The van der Waals surface area contributed by atoms with Gasteiger partial charge in [0.1, 0.15) is 22.3 Å². The van der Waals surface area contributed by atoms with Crippen molar-refractivity contribution in [2.75, 3.05) is 19.6 Å². The maximum atomic E-state index is 7.32. The number of hydrogen-bond acceptors (Lipinski definition) is 6. The molecule has 0 saturated carbocycles. The second-order valence-electron chi connectivity index (χ2n) is 22.2. The summed E-state index contributed by atoms with van der Waals surface area (Å²) in [5.74, 6) is 0. The van der Waals surface area contributed by atoms with E-state index in [1.807, 2.05) is 0 Å². The molecule has 0 saturated heterocycles. The SMILES string of the molecule is c1ccc(N2c3cc4c(cc3B3c5ccccc5N(c5ccccc5)c5c3c2cc2oc3c6ccccc6ccc3c52)B2c3ccccc3N(c3ccccc3)c3cc5oc6c7ccccc7ccc6c5c(c32)N4c2ccccc2)cc1. The van der Waals surface area contributed by atoms with Crippen molar-refractivity contribution in [2.45, 2.75) is 0 Å². The standard InChI is InChI=1S/C74H44B2N4O2/c1-5-23-47(24-6-1)77-59-35-19-17-33-55(59)75-58-41-57-61(42-62(58)80(50-29-11-4-12-30-50)72-68-54-40-38-46-22-14-16-32-52(46)74(54)81-65(68)43-63(77)69(72)75)78(48-25-7-2-8-26-48)64-44-66-67(53-39-37-45-21-13-15-31-51(45)73(53)82-66)71-70(64)76(57)56-34-18-20-36-60(56)79(71)49-27-9-3-10-28-49/h1-44H. The number of fused-ring (bicyclic) bond motifs is 20. The largest absolute Gasteiger partial charge is 0.455 e. The summed E-state index contributed by atoms with van der Waals surface area (Å²) >= 11 is 0. The van der Waals surface area contributed by atoms with E-state index in [0.717, 1.165) is 134 Å². The first kappa shape index (κ1) is 44.2. The quantitative estimate of drug-likeness (QED) is 0.164. The van der Waals surface area contributed by atoms with E-state index >= 15 is 0 Å². The fourth-order valence-electron chi connectivity index (χ4n) is 14.9. The van der Waals surface area contributed by atoms with Crippen LogP contribution in [0.25, 0.3) is 65.4 Å². The molecule has 13 aromatic carbocycles. The highest BCUT2D eigenvalue weighted by molar-refractivity contribution is 7.03. The van der Waals surface area contributed by atoms with Gasteiger partial charge in [0.05, 0.1) is 22.1 Å². The molecule has 0 N–H and O–H groups in total. The Morgan fingerprint density at radius 2 is 0.622 bits per heavy atom. The van der Waals surface area contributed by atoms with E-state index in [4.69, 9.17) is 8.83 Å². The van der Waals surface area contributed by atoms with Crippen LogP contribution >= 0.6 is 0 Å². The third-order valence-electron chi connectivity index (χ3n) is 18.1. The zero-order chi connectivity index (χ0) is 53.3. The first-order chi connectivity index (χ1) is 40.7. The van der Waals surface area contributed by atoms with Crippen molar-refractivity contribution >= 4 is 180 Å². The van der Waals surface area contributed by atoms with Crippen LogP contribution in [-0.2, 0) is 0 Å². The van der Waals surface area contributed by atoms with Crippen molar-refractivity contribution in [3.05, 3.63) is 267 Å². The van der Waals surface area contributed by atoms with Gasteiger partial charge in [0, 0.05) is 90.6 Å². The van der Waals surface area contributed by atoms with E-state index in [9.17, 15) is 0 Å². The van der Waals surface area contributed by atoms with Crippen molar-refractivity contribution in [3.63, 3.8) is 0 Å². The van der Waals surface area contributed by atoms with Crippen molar-refractivity contribution in [1.82, 2.24) is 0 Å². The minimum absolute atomic E-state index is 0.171. The third kappa shape index (κ3) is 5.84. The number of para-hydroxylation sites is 6. The molecule has 82 heavy (non-hydrogen) atoms. The van der Waals surface area contributed by atoms with Gasteiger partial charge in [-0.05, 0) is 122 Å². The fourth-order valence-corrected chi connectivity index (χ4v) is 14.9. The van der Waals surface area contributed by atoms with Crippen LogP contribution in [0, 0.1) is 0 Å². The topological polar surface area (TPSA) is 39.2 Å². The van der Waals surface area contributed by atoms with Gasteiger partial charge in [-0.25, -0.2) is 0 Å². The number of furan rings is 2. The molecule has 0 radical (unpaired) electrons. The lowest BCUT2D eigenvalue weighted by atomic mass is 9.30. The van der Waals surface area contributed by atoms with Crippen LogP contribution in [0.4, 0.5) is 68.2 Å². The van der Waals surface area contributed by atoms with E-state index in [2.05, 4.69) is 287 Å². The first-order valence-electron chi connectivity index (χ1n) is 28.3. The van der Waals surface area contributed by atoms with Gasteiger partial charge in [0.2, 0.25) is 0 Å². The van der Waals surface area contributed by atoms with Gasteiger partial charge in [0.25, 0.3) is 13.4 Å². The summed E-state index contributed by atoms with van der Waals surface area (Å²) in [6.45, 7) is -0.342. The molecule has 4 aliphatic rings. The summed E-state index contributed by atoms with van der Waals surface area (Å²) in [5.41, 5.74) is 24.3. The van der Waals surface area contributed by atoms with Crippen LogP contribution in [-0.4, -0.2) is 13.4 Å². The summed E-state index contributed by atoms with van der Waals surface area (Å²) in [5, 5.41) is 8.89. The molecule has 6 nitrogen and oxygen atoms in total. The number of anilines is 12. The highest BCUT2D eigenvalue weighted by atomic mass is 16.3. The van der Waals surface area contributed by atoms with Crippen LogP contribution in [0.15, 0.2) is 276 Å². The zero-order valence-corrected chi connectivity index (χ0v) is 44.2. The van der Waals surface area contributed by atoms with Gasteiger partial charge < -0.3 is 28.4 Å². The van der Waals surface area contributed by atoms with Crippen molar-refractivity contribution in [1.29, 1.82) is 0 Å². The van der Waals surface area contributed by atoms with E-state index in [0.29, 0.717) is 0 Å². The molecule has 8 heteroatoms. The van der Waals surface area contributed by atoms with E-state index in [1.165, 1.54) is 32.8 Å². The van der Waals surface area contributed by atoms with Gasteiger partial charge in [-0.1, -0.05) is 176 Å². The normalized spacial score (nSPS) is 13.7. The molecule has 2 aromatic heterocycles. The summed E-state index contributed by atoms with van der Waals surface area (Å²) in [6.07, 6.45) is 0. The predicted octanol–water partition coefficient (Wildman–Crippen LogP) is 16.0. The molecule has 0 bridgehead atoms. The van der Waals surface area contributed by atoms with Gasteiger partial charge in [-0.15, -0.1) is 0 Å². The minimum Gasteiger partial charge on any atom is -0.455 e. The number of hydrogen-bond donors (Lipinski definition) is 0. The van der Waals surface area contributed by atoms with Crippen LogP contribution in [0.3, 0.4) is 0 Å². The minimum atomic E-state index is -0.171. The molecule has 0 unspecified atom stereocenters. The highest BCUT2D eigenvalue weighted by Gasteiger charge is 2.50. The predicted molar refractivity (Wildman–Crippen MR) is 344 cm³/mol. The van der Waals surface area contributed by atoms with Crippen molar-refractivity contribution in [2.24, 2.45) is 0 Å². The Bertz CT molecular complexity index is 5200. The average molecular weight is 1040 g/mol. The lowest BCUT2D eigenvalue weighted by molar-refractivity contribution is 0.672. The summed E-state index contributed by atoms with van der Waals surface area (Å²) in [7, 11) is 0. The molecule has 15 aromatic rings. The monoisotopic (exact) mass is 1040 g/mol. The molecule has 0 fully saturated rings. The maximum absolute atomic E-state index is 7.32. The van der Waals surface area contributed by atoms with Gasteiger partial charge in [0.15, 0.2) is 0 Å². The molecule has 19 rings (SSSR count). The molecule has 0 aliphatic carbocycles. The van der Waals surface area contributed by atoms with Crippen molar-refractivity contribution < 1.29 is 8.83 Å². The van der Waals surface area contributed by atoms with E-state index in [-0.39, 0.29) is 13.4 Å². The molecule has 0 amide bonds. The first-order valence-corrected chi connectivity index (χ1v) is 28.3. The smallest absolute Gasteiger partial charge is 0.252 e. The van der Waals surface area contributed by atoms with Gasteiger partial charge in [-0.2, -0.15) is 0 Å². The molecular weight excluding hydrogens is 998 g/mol. The molecule has 4 aliphatic heterocycles. The summed E-state index contributed by atoms with van der Waals surface area (Å²) in [6, 6.07) is 98.1. The van der Waals surface area contributed by atoms with E-state index < -0.39 is 0 Å². The number of nitrogens with zero attached hydrogens (tertiary/aromatic N) is 4. The Morgan fingerprint density at radius 1 is 0.256 bits per heavy atom. The molecule has 6 heterocycles. The van der Waals surface area contributed by atoms with Gasteiger partial charge in [-0.3, -0.25) is 0 Å². The Morgan fingerprint density at radius 3 is 1.10 bits per heavy atom. The number of benzene rings is 13. The highest BCUT2D eigenvalue weighted by Crippen LogP contribution is 2.54. The molecule has 378 valence electrons. The van der Waals surface area contributed by atoms with Crippen molar-refractivity contribution in [3.8, 4) is 0 Å². The van der Waals surface area contributed by atoms with Crippen LogP contribution in [0.2, 0.25) is 0 Å². The van der Waals surface area contributed by atoms with Gasteiger partial charge >= 0.3 is 0 Å². The summed E-state index contributed by atoms with van der Waals surface area (Å²) < 4.78 is 14.6. The Labute approximate surface area is 472 Å². The van der Waals surface area contributed by atoms with Crippen LogP contribution < -0.4 is 52.4 Å². The van der Waals surface area contributed by atoms with Crippen LogP contribution in [0.5, 0.6) is 0 Å². The Hall–Kier alpha value is -10.7. The molecule has 0 atom stereocenters. The van der Waals surface area contributed by atoms with Crippen LogP contribution in [0.1, 0.15) is 0 Å². The Kier molecular flexibility index (Phi) is 8.86. The summed E-state index contributed by atoms with van der Waals surface area (Å²) in [4.78, 5) is 10.1. The van der Waals surface area contributed by atoms with E-state index in [1.54, 1.807) is 0 Å². The Balaban J connectivity index is 0.984. The third-order valence-corrected chi connectivity index (χ3v) is 18.1. The molecular formula is C74H44B2N4O2. The fraction of sp³-hybridized carbons (Fsp3) is 0. The second-order valence-corrected chi connectivity index (χ2v) is 22.2. The zero-order valence-electron chi connectivity index (χ0n) is 44.2.